The fourth-order valence-corrected chi connectivity index (χ4v) is 2.51. The summed E-state index contributed by atoms with van der Waals surface area (Å²) in [5.41, 5.74) is 0.684. The van der Waals surface area contributed by atoms with Gasteiger partial charge in [0.2, 0.25) is 5.89 Å². The van der Waals surface area contributed by atoms with E-state index in [4.69, 9.17) is 32.4 Å². The molecule has 0 fully saturated rings. The van der Waals surface area contributed by atoms with Crippen LogP contribution in [0.5, 0.6) is 5.75 Å². The van der Waals surface area contributed by atoms with E-state index < -0.39 is 0 Å². The van der Waals surface area contributed by atoms with Crippen molar-refractivity contribution in [3.63, 3.8) is 0 Å². The first kappa shape index (κ1) is 15.3. The second kappa shape index (κ2) is 6.69. The smallest absolute Gasteiger partial charge is 0.254 e. The Kier molecular flexibility index (Phi) is 4.66. The predicted molar refractivity (Wildman–Crippen MR) is 88.2 cm³/mol. The number of benzene rings is 2. The maximum atomic E-state index is 6.10. The van der Waals surface area contributed by atoms with Gasteiger partial charge in [0.1, 0.15) is 5.75 Å². The molecule has 0 atom stereocenters. The SMILES string of the molecule is Clc1ccc(Br)cc1OCc1nnc(-c2ccccc2Cl)o1. The lowest BCUT2D eigenvalue weighted by atomic mass is 10.2. The van der Waals surface area contributed by atoms with Crippen LogP contribution in [-0.4, -0.2) is 10.2 Å². The van der Waals surface area contributed by atoms with Gasteiger partial charge < -0.3 is 9.15 Å². The van der Waals surface area contributed by atoms with Crippen molar-refractivity contribution in [2.75, 3.05) is 0 Å². The van der Waals surface area contributed by atoms with Crippen molar-refractivity contribution in [3.05, 3.63) is 62.9 Å². The summed E-state index contributed by atoms with van der Waals surface area (Å²) in [5, 5.41) is 8.98. The summed E-state index contributed by atoms with van der Waals surface area (Å²) in [4.78, 5) is 0. The average molecular weight is 400 g/mol. The molecule has 0 aliphatic heterocycles. The Morgan fingerprint density at radius 1 is 1.05 bits per heavy atom. The molecule has 3 aromatic rings. The van der Waals surface area contributed by atoms with Gasteiger partial charge in [0.25, 0.3) is 5.89 Å². The highest BCUT2D eigenvalue weighted by molar-refractivity contribution is 9.10. The minimum atomic E-state index is 0.119. The lowest BCUT2D eigenvalue weighted by Crippen LogP contribution is -1.96. The molecular weight excluding hydrogens is 391 g/mol. The summed E-state index contributed by atoms with van der Waals surface area (Å²) >= 11 is 15.5. The number of nitrogens with zero attached hydrogens (tertiary/aromatic N) is 2. The fraction of sp³-hybridized carbons (Fsp3) is 0.0667. The fourth-order valence-electron chi connectivity index (χ4n) is 1.78. The minimum Gasteiger partial charge on any atom is -0.482 e. The molecular formula is C15H9BrCl2N2O2. The number of ether oxygens (including phenoxy) is 1. The van der Waals surface area contributed by atoms with Gasteiger partial charge in [-0.25, -0.2) is 0 Å². The van der Waals surface area contributed by atoms with Crippen molar-refractivity contribution < 1.29 is 9.15 Å². The molecule has 0 saturated heterocycles. The molecule has 0 unspecified atom stereocenters. The van der Waals surface area contributed by atoms with Crippen molar-refractivity contribution in [1.29, 1.82) is 0 Å². The second-order valence-electron chi connectivity index (χ2n) is 4.34. The molecule has 0 N–H and O–H groups in total. The Labute approximate surface area is 145 Å². The van der Waals surface area contributed by atoms with Crippen LogP contribution in [0.3, 0.4) is 0 Å². The van der Waals surface area contributed by atoms with Gasteiger partial charge in [-0.05, 0) is 30.3 Å². The second-order valence-corrected chi connectivity index (χ2v) is 6.07. The van der Waals surface area contributed by atoms with Gasteiger partial charge >= 0.3 is 0 Å². The zero-order chi connectivity index (χ0) is 15.5. The maximum Gasteiger partial charge on any atom is 0.254 e. The molecule has 0 aliphatic carbocycles. The Hall–Kier alpha value is -1.56. The van der Waals surface area contributed by atoms with E-state index >= 15 is 0 Å². The van der Waals surface area contributed by atoms with Crippen LogP contribution in [0.25, 0.3) is 11.5 Å². The van der Waals surface area contributed by atoms with E-state index in [0.29, 0.717) is 33.1 Å². The number of hydrogen-bond donors (Lipinski definition) is 0. The van der Waals surface area contributed by atoms with Gasteiger partial charge in [0, 0.05) is 4.47 Å². The van der Waals surface area contributed by atoms with E-state index in [1.807, 2.05) is 24.3 Å². The molecule has 1 heterocycles. The van der Waals surface area contributed by atoms with Crippen molar-refractivity contribution >= 4 is 39.1 Å². The number of halogens is 3. The third kappa shape index (κ3) is 3.43. The topological polar surface area (TPSA) is 48.2 Å². The molecule has 0 aliphatic rings. The van der Waals surface area contributed by atoms with Gasteiger partial charge in [-0.3, -0.25) is 0 Å². The monoisotopic (exact) mass is 398 g/mol. The standard InChI is InChI=1S/C15H9BrCl2N2O2/c16-9-5-6-12(18)13(7-9)21-8-14-19-20-15(22-14)10-3-1-2-4-11(10)17/h1-7H,8H2. The highest BCUT2D eigenvalue weighted by atomic mass is 79.9. The van der Waals surface area contributed by atoms with Gasteiger partial charge in [-0.15, -0.1) is 10.2 Å². The maximum absolute atomic E-state index is 6.10. The van der Waals surface area contributed by atoms with Crippen molar-refractivity contribution in [1.82, 2.24) is 10.2 Å². The molecule has 22 heavy (non-hydrogen) atoms. The molecule has 0 amide bonds. The van der Waals surface area contributed by atoms with Crippen LogP contribution in [-0.2, 0) is 6.61 Å². The Balaban J connectivity index is 1.75. The predicted octanol–water partition coefficient (Wildman–Crippen LogP) is 5.38. The van der Waals surface area contributed by atoms with Crippen LogP contribution < -0.4 is 4.74 Å². The summed E-state index contributed by atoms with van der Waals surface area (Å²) in [6, 6.07) is 12.6. The first-order chi connectivity index (χ1) is 10.6. The van der Waals surface area contributed by atoms with Crippen molar-refractivity contribution in [2.24, 2.45) is 0 Å². The molecule has 0 saturated carbocycles. The molecule has 4 nitrogen and oxygen atoms in total. The molecule has 3 rings (SSSR count). The van der Waals surface area contributed by atoms with Crippen LogP contribution in [0.15, 0.2) is 51.4 Å². The third-order valence-corrected chi connectivity index (χ3v) is 3.95. The zero-order valence-electron chi connectivity index (χ0n) is 11.1. The normalized spacial score (nSPS) is 10.7. The first-order valence-electron chi connectivity index (χ1n) is 6.28. The molecule has 7 heteroatoms. The zero-order valence-corrected chi connectivity index (χ0v) is 14.2. The minimum absolute atomic E-state index is 0.119. The van der Waals surface area contributed by atoms with Crippen LogP contribution in [0.4, 0.5) is 0 Å². The summed E-state index contributed by atoms with van der Waals surface area (Å²) in [7, 11) is 0. The molecule has 0 radical (unpaired) electrons. The summed E-state index contributed by atoms with van der Waals surface area (Å²) < 4.78 is 12.0. The Morgan fingerprint density at radius 3 is 2.68 bits per heavy atom. The molecule has 112 valence electrons. The van der Waals surface area contributed by atoms with E-state index in [2.05, 4.69) is 26.1 Å². The Morgan fingerprint density at radius 2 is 1.86 bits per heavy atom. The molecule has 1 aromatic heterocycles. The lowest BCUT2D eigenvalue weighted by molar-refractivity contribution is 0.264. The highest BCUT2D eigenvalue weighted by Gasteiger charge is 2.12. The van der Waals surface area contributed by atoms with E-state index in [0.717, 1.165) is 4.47 Å². The average Bonchev–Trinajstić information content (AvgIpc) is 2.97. The quantitative estimate of drug-likeness (QED) is 0.590. The Bertz CT molecular complexity index is 808. The van der Waals surface area contributed by atoms with E-state index in [9.17, 15) is 0 Å². The van der Waals surface area contributed by atoms with Crippen LogP contribution in [0.1, 0.15) is 5.89 Å². The number of hydrogen-bond acceptors (Lipinski definition) is 4. The first-order valence-corrected chi connectivity index (χ1v) is 7.83. The van der Waals surface area contributed by atoms with E-state index in [1.54, 1.807) is 18.2 Å². The van der Waals surface area contributed by atoms with Gasteiger partial charge in [0.05, 0.1) is 15.6 Å². The van der Waals surface area contributed by atoms with Gasteiger partial charge in [0.15, 0.2) is 6.61 Å². The summed E-state index contributed by atoms with van der Waals surface area (Å²) in [6.45, 7) is 0.119. The van der Waals surface area contributed by atoms with Crippen LogP contribution >= 0.6 is 39.1 Å². The van der Waals surface area contributed by atoms with Crippen molar-refractivity contribution in [2.45, 2.75) is 6.61 Å². The highest BCUT2D eigenvalue weighted by Crippen LogP contribution is 2.29. The van der Waals surface area contributed by atoms with Gasteiger partial charge in [-0.2, -0.15) is 0 Å². The summed E-state index contributed by atoms with van der Waals surface area (Å²) in [5.74, 6) is 1.23. The lowest BCUT2D eigenvalue weighted by Gasteiger charge is -2.05. The molecule has 0 bridgehead atoms. The largest absolute Gasteiger partial charge is 0.482 e. The summed E-state index contributed by atoms with van der Waals surface area (Å²) in [6.07, 6.45) is 0. The molecule has 0 spiro atoms. The number of rotatable bonds is 4. The van der Waals surface area contributed by atoms with E-state index in [-0.39, 0.29) is 6.61 Å². The number of aromatic nitrogens is 2. The van der Waals surface area contributed by atoms with Crippen LogP contribution in [0.2, 0.25) is 10.0 Å². The van der Waals surface area contributed by atoms with Crippen LogP contribution in [0, 0.1) is 0 Å². The molecule has 2 aromatic carbocycles. The van der Waals surface area contributed by atoms with Gasteiger partial charge in [-0.1, -0.05) is 51.3 Å². The van der Waals surface area contributed by atoms with Crippen molar-refractivity contribution in [3.8, 4) is 17.2 Å². The van der Waals surface area contributed by atoms with E-state index in [1.165, 1.54) is 0 Å². The third-order valence-electron chi connectivity index (χ3n) is 2.82.